The van der Waals surface area contributed by atoms with E-state index in [1.54, 1.807) is 24.3 Å². The summed E-state index contributed by atoms with van der Waals surface area (Å²) >= 11 is 0. The molecule has 1 atom stereocenters. The van der Waals surface area contributed by atoms with Crippen LogP contribution >= 0.6 is 0 Å². The molecule has 1 aromatic heterocycles. The van der Waals surface area contributed by atoms with Crippen molar-refractivity contribution in [2.45, 2.75) is 24.7 Å². The van der Waals surface area contributed by atoms with Crippen LogP contribution in [0.3, 0.4) is 0 Å². The summed E-state index contributed by atoms with van der Waals surface area (Å²) in [4.78, 5) is 28.8. The third-order valence-corrected chi connectivity index (χ3v) is 4.55. The molecule has 29 heavy (non-hydrogen) atoms. The third kappa shape index (κ3) is 4.19. The van der Waals surface area contributed by atoms with E-state index in [0.29, 0.717) is 17.8 Å². The van der Waals surface area contributed by atoms with Gasteiger partial charge in [0.1, 0.15) is 6.61 Å². The molecule has 0 spiro atoms. The number of carbonyl (C=O) groups excluding carboxylic acids is 2. The number of anilines is 1. The van der Waals surface area contributed by atoms with Crippen LogP contribution in [0.4, 0.5) is 23.7 Å². The first-order valence-electron chi connectivity index (χ1n) is 8.68. The topological polar surface area (TPSA) is 96.7 Å². The molecule has 1 saturated heterocycles. The number of cyclic esters (lactones) is 1. The zero-order valence-corrected chi connectivity index (χ0v) is 15.4. The van der Waals surface area contributed by atoms with Gasteiger partial charge >= 0.3 is 12.3 Å². The Balaban J connectivity index is 1.69. The van der Waals surface area contributed by atoms with Crippen LogP contribution in [0.1, 0.15) is 17.8 Å². The van der Waals surface area contributed by atoms with Crippen molar-refractivity contribution in [1.82, 2.24) is 14.9 Å². The zero-order chi connectivity index (χ0) is 21.2. The number of rotatable bonds is 6. The highest BCUT2D eigenvalue weighted by Gasteiger charge is 2.58. The second-order valence-electron chi connectivity index (χ2n) is 6.61. The number of amides is 2. The fourth-order valence-corrected chi connectivity index (χ4v) is 3.03. The Morgan fingerprint density at radius 2 is 2.14 bits per heavy atom. The summed E-state index contributed by atoms with van der Waals surface area (Å²) < 4.78 is 46.4. The molecule has 1 aliphatic heterocycles. The summed E-state index contributed by atoms with van der Waals surface area (Å²) in [5, 5.41) is 12.6. The summed E-state index contributed by atoms with van der Waals surface area (Å²) in [6.07, 6.45) is -4.46. The lowest BCUT2D eigenvalue weighted by Gasteiger charge is -2.29. The van der Waals surface area contributed by atoms with Gasteiger partial charge in [0.25, 0.3) is 0 Å². The Labute approximate surface area is 163 Å². The molecule has 2 N–H and O–H groups in total. The van der Waals surface area contributed by atoms with Gasteiger partial charge in [0.05, 0.1) is 13.0 Å². The summed E-state index contributed by atoms with van der Waals surface area (Å²) in [5.41, 5.74) is -2.29. The monoisotopic (exact) mass is 412 g/mol. The van der Waals surface area contributed by atoms with E-state index in [9.17, 15) is 27.9 Å². The highest BCUT2D eigenvalue weighted by molar-refractivity contribution is 5.89. The summed E-state index contributed by atoms with van der Waals surface area (Å²) in [6.45, 7) is 0.573. The van der Waals surface area contributed by atoms with Crippen LogP contribution in [0.5, 0.6) is 0 Å². The van der Waals surface area contributed by atoms with Crippen LogP contribution < -0.4 is 10.2 Å². The number of nitrogens with one attached hydrogen (secondary N) is 1. The minimum atomic E-state index is -5.10. The van der Waals surface area contributed by atoms with E-state index in [2.05, 4.69) is 10.3 Å². The Morgan fingerprint density at radius 1 is 1.38 bits per heavy atom. The second-order valence-corrected chi connectivity index (χ2v) is 6.61. The molecular formula is C18H19F3N4O4. The molecule has 8 nitrogen and oxygen atoms in total. The van der Waals surface area contributed by atoms with Crippen LogP contribution in [0.15, 0.2) is 36.7 Å². The molecule has 1 aliphatic rings. The van der Waals surface area contributed by atoms with E-state index >= 15 is 0 Å². The Hall–Kier alpha value is -3.08. The second kappa shape index (κ2) is 7.74. The number of aryl methyl sites for hydroxylation is 1. The van der Waals surface area contributed by atoms with Gasteiger partial charge in [-0.1, -0.05) is 12.1 Å². The van der Waals surface area contributed by atoms with E-state index in [1.165, 1.54) is 18.1 Å². The van der Waals surface area contributed by atoms with Gasteiger partial charge in [-0.25, -0.2) is 9.78 Å². The summed E-state index contributed by atoms with van der Waals surface area (Å²) in [5.74, 6) is -1.67. The highest BCUT2D eigenvalue weighted by Crippen LogP contribution is 2.40. The molecule has 2 heterocycles. The van der Waals surface area contributed by atoms with Crippen molar-refractivity contribution >= 4 is 17.7 Å². The maximum absolute atomic E-state index is 13.5. The van der Waals surface area contributed by atoms with Crippen molar-refractivity contribution in [3.05, 3.63) is 48.0 Å². The van der Waals surface area contributed by atoms with Crippen LogP contribution in [0.25, 0.3) is 0 Å². The molecule has 1 aromatic carbocycles. The first kappa shape index (κ1) is 20.6. The highest BCUT2D eigenvalue weighted by atomic mass is 19.4. The number of nitrogens with zero attached hydrogens (tertiary/aromatic N) is 3. The lowest BCUT2D eigenvalue weighted by Crippen LogP contribution is -2.47. The van der Waals surface area contributed by atoms with Crippen molar-refractivity contribution in [3.63, 3.8) is 0 Å². The molecule has 0 aliphatic carbocycles. The van der Waals surface area contributed by atoms with Gasteiger partial charge in [-0.05, 0) is 17.7 Å². The molecule has 0 radical (unpaired) electrons. The molecule has 1 fully saturated rings. The van der Waals surface area contributed by atoms with Gasteiger partial charge in [0.15, 0.2) is 5.82 Å². The largest absolute Gasteiger partial charge is 0.447 e. The predicted molar refractivity (Wildman–Crippen MR) is 94.8 cm³/mol. The summed E-state index contributed by atoms with van der Waals surface area (Å²) in [6, 6.07) is 6.62. The number of alkyl halides is 3. The van der Waals surface area contributed by atoms with Gasteiger partial charge in [0, 0.05) is 31.7 Å². The van der Waals surface area contributed by atoms with E-state index in [0.717, 1.165) is 10.8 Å². The van der Waals surface area contributed by atoms with Gasteiger partial charge in [-0.2, -0.15) is 13.2 Å². The average Bonchev–Trinajstić information content (AvgIpc) is 3.27. The molecule has 3 rings (SSSR count). The van der Waals surface area contributed by atoms with Crippen LogP contribution in [-0.4, -0.2) is 46.0 Å². The van der Waals surface area contributed by atoms with E-state index in [-0.39, 0.29) is 13.2 Å². The fraction of sp³-hybridized carbons (Fsp3) is 0.389. The first-order chi connectivity index (χ1) is 13.6. The van der Waals surface area contributed by atoms with Crippen LogP contribution in [0.2, 0.25) is 0 Å². The van der Waals surface area contributed by atoms with E-state index in [4.69, 9.17) is 4.74 Å². The number of halogens is 3. The quantitative estimate of drug-likeness (QED) is 0.755. The molecule has 0 saturated carbocycles. The molecule has 11 heteroatoms. The van der Waals surface area contributed by atoms with Gasteiger partial charge in [0.2, 0.25) is 11.5 Å². The molecule has 156 valence electrons. The standard InChI is InChI=1S/C18H19F3N4O4/c1-24-6-5-22-15(24)17(28,18(19,20)21)10-14(26)23-11-12-3-2-4-13(9-12)25-7-8-29-16(25)27/h2-6,9,28H,7-8,10-11H2,1H3,(H,23,26). The SMILES string of the molecule is Cn1ccnc1C(O)(CC(=O)NCc1cccc(N2CCOC2=O)c1)C(F)(F)F. The van der Waals surface area contributed by atoms with E-state index in [1.807, 2.05) is 0 Å². The minimum Gasteiger partial charge on any atom is -0.447 e. The van der Waals surface area contributed by atoms with Gasteiger partial charge in [-0.15, -0.1) is 0 Å². The fourth-order valence-electron chi connectivity index (χ4n) is 3.03. The lowest BCUT2D eigenvalue weighted by atomic mass is 9.97. The first-order valence-corrected chi connectivity index (χ1v) is 8.68. The van der Waals surface area contributed by atoms with Crippen molar-refractivity contribution < 1.29 is 32.6 Å². The third-order valence-electron chi connectivity index (χ3n) is 4.55. The van der Waals surface area contributed by atoms with Crippen molar-refractivity contribution in [2.24, 2.45) is 7.05 Å². The molecule has 2 amide bonds. The smallest absolute Gasteiger partial charge is 0.425 e. The lowest BCUT2D eigenvalue weighted by molar-refractivity contribution is -0.271. The van der Waals surface area contributed by atoms with Gasteiger partial charge < -0.3 is 19.7 Å². The Morgan fingerprint density at radius 3 is 2.72 bits per heavy atom. The van der Waals surface area contributed by atoms with Crippen molar-refractivity contribution in [2.75, 3.05) is 18.1 Å². The van der Waals surface area contributed by atoms with Crippen LogP contribution in [0, 0.1) is 0 Å². The number of aliphatic hydroxyl groups is 1. The van der Waals surface area contributed by atoms with E-state index < -0.39 is 36.0 Å². The molecular weight excluding hydrogens is 393 g/mol. The average molecular weight is 412 g/mol. The maximum atomic E-state index is 13.5. The van der Waals surface area contributed by atoms with Crippen LogP contribution in [-0.2, 0) is 28.7 Å². The minimum absolute atomic E-state index is 0.0793. The number of hydrogen-bond donors (Lipinski definition) is 2. The molecule has 1 unspecified atom stereocenters. The summed E-state index contributed by atoms with van der Waals surface area (Å²) in [7, 11) is 1.30. The molecule has 0 bridgehead atoms. The normalized spacial score (nSPS) is 16.4. The molecule has 2 aromatic rings. The number of carbonyl (C=O) groups is 2. The predicted octanol–water partition coefficient (Wildman–Crippen LogP) is 1.83. The van der Waals surface area contributed by atoms with Gasteiger partial charge in [-0.3, -0.25) is 9.69 Å². The number of benzene rings is 1. The number of aromatic nitrogens is 2. The Bertz CT molecular complexity index is 915. The zero-order valence-electron chi connectivity index (χ0n) is 15.4. The number of imidazole rings is 1. The number of hydrogen-bond acceptors (Lipinski definition) is 5. The maximum Gasteiger partial charge on any atom is 0.425 e. The Kier molecular flexibility index (Phi) is 5.51. The van der Waals surface area contributed by atoms with Crippen molar-refractivity contribution in [1.29, 1.82) is 0 Å². The van der Waals surface area contributed by atoms with Crippen molar-refractivity contribution in [3.8, 4) is 0 Å². The number of ether oxygens (including phenoxy) is 1.